The Kier molecular flexibility index (Phi) is 4.70. The van der Waals surface area contributed by atoms with E-state index in [1.165, 1.54) is 35.4 Å². The summed E-state index contributed by atoms with van der Waals surface area (Å²) in [5.74, 6) is 0.258. The lowest BCUT2D eigenvalue weighted by Gasteiger charge is -2.08. The van der Waals surface area contributed by atoms with E-state index < -0.39 is 14.9 Å². The molecule has 1 aromatic carbocycles. The topological polar surface area (TPSA) is 133 Å². The second kappa shape index (κ2) is 6.80. The fourth-order valence-corrected chi connectivity index (χ4v) is 3.89. The average molecular weight is 439 g/mol. The van der Waals surface area contributed by atoms with Crippen molar-refractivity contribution in [3.8, 4) is 5.95 Å². The van der Waals surface area contributed by atoms with E-state index in [2.05, 4.69) is 35.7 Å². The Morgan fingerprint density at radius 2 is 1.96 bits per heavy atom. The molecule has 0 aliphatic heterocycles. The molecule has 134 valence electrons. The maximum Gasteiger partial charge on any atom is 0.270 e. The van der Waals surface area contributed by atoms with Crippen LogP contribution in [0.25, 0.3) is 5.95 Å². The SMILES string of the molecule is Cc1ccc([N+](=O)[O-])cc1S(=O)(=O)Nc1nn(-c2ncccn2)cc1Br. The highest BCUT2D eigenvalue weighted by atomic mass is 79.9. The van der Waals surface area contributed by atoms with Crippen LogP contribution in [0.1, 0.15) is 5.56 Å². The molecule has 0 saturated carbocycles. The first-order valence-electron chi connectivity index (χ1n) is 7.08. The van der Waals surface area contributed by atoms with Crippen molar-refractivity contribution < 1.29 is 13.3 Å². The average Bonchev–Trinajstić information content (AvgIpc) is 2.96. The van der Waals surface area contributed by atoms with Crippen molar-refractivity contribution in [3.63, 3.8) is 0 Å². The standard InChI is InChI=1S/C14H11BrN6O4S/c1-9-3-4-10(21(22)23)7-12(9)26(24,25)19-13-11(15)8-20(18-13)14-16-5-2-6-17-14/h2-8H,1H3,(H,18,19). The lowest BCUT2D eigenvalue weighted by Crippen LogP contribution is -2.15. The van der Waals surface area contributed by atoms with Gasteiger partial charge in [0.1, 0.15) is 0 Å². The van der Waals surface area contributed by atoms with Gasteiger partial charge in [-0.15, -0.1) is 5.10 Å². The van der Waals surface area contributed by atoms with E-state index >= 15 is 0 Å². The summed E-state index contributed by atoms with van der Waals surface area (Å²) in [5, 5.41) is 15.0. The summed E-state index contributed by atoms with van der Waals surface area (Å²) in [4.78, 5) is 18.1. The van der Waals surface area contributed by atoms with Crippen LogP contribution in [-0.2, 0) is 10.0 Å². The Morgan fingerprint density at radius 3 is 2.62 bits per heavy atom. The first-order chi connectivity index (χ1) is 12.3. The van der Waals surface area contributed by atoms with Crippen molar-refractivity contribution in [2.75, 3.05) is 4.72 Å². The van der Waals surface area contributed by atoms with Gasteiger partial charge in [0, 0.05) is 24.5 Å². The fraction of sp³-hybridized carbons (Fsp3) is 0.0714. The largest absolute Gasteiger partial charge is 0.270 e. The molecule has 0 fully saturated rings. The summed E-state index contributed by atoms with van der Waals surface area (Å²) >= 11 is 3.22. The summed E-state index contributed by atoms with van der Waals surface area (Å²) in [7, 11) is -4.09. The first kappa shape index (κ1) is 17.9. The van der Waals surface area contributed by atoms with Crippen molar-refractivity contribution in [1.82, 2.24) is 19.7 Å². The number of aryl methyl sites for hydroxylation is 1. The van der Waals surface area contributed by atoms with Gasteiger partial charge in [-0.25, -0.2) is 23.1 Å². The van der Waals surface area contributed by atoms with Crippen LogP contribution in [0.3, 0.4) is 0 Å². The van der Waals surface area contributed by atoms with Crippen molar-refractivity contribution in [2.45, 2.75) is 11.8 Å². The van der Waals surface area contributed by atoms with Crippen LogP contribution in [0.2, 0.25) is 0 Å². The van der Waals surface area contributed by atoms with Gasteiger partial charge in [0.15, 0.2) is 5.82 Å². The highest BCUT2D eigenvalue weighted by molar-refractivity contribution is 9.10. The van der Waals surface area contributed by atoms with E-state index in [1.807, 2.05) is 0 Å². The van der Waals surface area contributed by atoms with Crippen LogP contribution in [0.4, 0.5) is 11.5 Å². The van der Waals surface area contributed by atoms with Gasteiger partial charge in [-0.2, -0.15) is 0 Å². The number of nitro groups is 1. The molecular formula is C14H11BrN6O4S. The normalized spacial score (nSPS) is 11.3. The molecule has 0 amide bonds. The third-order valence-electron chi connectivity index (χ3n) is 3.33. The Hall–Kier alpha value is -2.86. The van der Waals surface area contributed by atoms with Gasteiger partial charge in [0.05, 0.1) is 20.5 Å². The number of nitrogens with one attached hydrogen (secondary N) is 1. The molecule has 0 saturated heterocycles. The van der Waals surface area contributed by atoms with E-state index in [-0.39, 0.29) is 22.3 Å². The van der Waals surface area contributed by atoms with Gasteiger partial charge in [-0.05, 0) is 34.5 Å². The third kappa shape index (κ3) is 3.55. The quantitative estimate of drug-likeness (QED) is 0.477. The fourth-order valence-electron chi connectivity index (χ4n) is 2.11. The molecule has 2 aromatic heterocycles. The number of hydrogen-bond donors (Lipinski definition) is 1. The minimum Gasteiger partial charge on any atom is -0.261 e. The number of anilines is 1. The molecule has 3 aromatic rings. The van der Waals surface area contributed by atoms with E-state index in [9.17, 15) is 18.5 Å². The zero-order valence-electron chi connectivity index (χ0n) is 13.2. The van der Waals surface area contributed by atoms with Gasteiger partial charge < -0.3 is 0 Å². The highest BCUT2D eigenvalue weighted by Crippen LogP contribution is 2.27. The Balaban J connectivity index is 1.97. The van der Waals surface area contributed by atoms with Crippen LogP contribution in [-0.4, -0.2) is 33.1 Å². The smallest absolute Gasteiger partial charge is 0.261 e. The second-order valence-electron chi connectivity index (χ2n) is 5.13. The summed E-state index contributed by atoms with van der Waals surface area (Å²) in [5.41, 5.74) is 0.0447. The molecule has 0 spiro atoms. The van der Waals surface area contributed by atoms with E-state index in [1.54, 1.807) is 13.0 Å². The molecule has 3 rings (SSSR count). The van der Waals surface area contributed by atoms with E-state index in [0.717, 1.165) is 6.07 Å². The van der Waals surface area contributed by atoms with Gasteiger partial charge in [-0.1, -0.05) is 6.07 Å². The van der Waals surface area contributed by atoms with Gasteiger partial charge in [0.2, 0.25) is 0 Å². The maximum atomic E-state index is 12.7. The van der Waals surface area contributed by atoms with Crippen molar-refractivity contribution in [3.05, 3.63) is 63.0 Å². The Labute approximate surface area is 156 Å². The van der Waals surface area contributed by atoms with E-state index in [4.69, 9.17) is 0 Å². The Morgan fingerprint density at radius 1 is 1.27 bits per heavy atom. The molecule has 0 atom stereocenters. The molecule has 0 aliphatic rings. The molecule has 26 heavy (non-hydrogen) atoms. The number of non-ortho nitro benzene ring substituents is 1. The van der Waals surface area contributed by atoms with Gasteiger partial charge in [0.25, 0.3) is 21.7 Å². The first-order valence-corrected chi connectivity index (χ1v) is 9.36. The highest BCUT2D eigenvalue weighted by Gasteiger charge is 2.23. The third-order valence-corrected chi connectivity index (χ3v) is 5.39. The molecule has 0 radical (unpaired) electrons. The van der Waals surface area contributed by atoms with E-state index in [0.29, 0.717) is 10.0 Å². The summed E-state index contributed by atoms with van der Waals surface area (Å²) < 4.78 is 29.3. The number of sulfonamides is 1. The molecule has 2 heterocycles. The molecule has 10 nitrogen and oxygen atoms in total. The van der Waals surface area contributed by atoms with Gasteiger partial charge in [-0.3, -0.25) is 14.8 Å². The molecular weight excluding hydrogens is 428 g/mol. The molecule has 1 N–H and O–H groups in total. The van der Waals surface area contributed by atoms with Gasteiger partial charge >= 0.3 is 0 Å². The maximum absolute atomic E-state index is 12.7. The lowest BCUT2D eigenvalue weighted by atomic mass is 10.2. The number of rotatable bonds is 5. The van der Waals surface area contributed by atoms with Crippen molar-refractivity contribution >= 4 is 37.5 Å². The summed E-state index contributed by atoms with van der Waals surface area (Å²) in [6, 6.07) is 5.25. The predicted molar refractivity (Wildman–Crippen MR) is 95.5 cm³/mol. The molecule has 12 heteroatoms. The number of hydrogen-bond acceptors (Lipinski definition) is 7. The second-order valence-corrected chi connectivity index (χ2v) is 7.64. The molecule has 0 aliphatic carbocycles. The zero-order valence-corrected chi connectivity index (χ0v) is 15.6. The number of benzene rings is 1. The summed E-state index contributed by atoms with van der Waals surface area (Å²) in [6.07, 6.45) is 4.54. The Bertz CT molecular complexity index is 1080. The minimum atomic E-state index is -4.09. The van der Waals surface area contributed by atoms with Crippen molar-refractivity contribution in [2.24, 2.45) is 0 Å². The zero-order chi connectivity index (χ0) is 18.9. The summed E-state index contributed by atoms with van der Waals surface area (Å²) in [6.45, 7) is 1.55. The number of nitro benzene ring substituents is 1. The lowest BCUT2D eigenvalue weighted by molar-refractivity contribution is -0.385. The monoisotopic (exact) mass is 438 g/mol. The van der Waals surface area contributed by atoms with Crippen LogP contribution in [0.15, 0.2) is 52.2 Å². The minimum absolute atomic E-state index is 0.00311. The number of halogens is 1. The van der Waals surface area contributed by atoms with Crippen LogP contribution >= 0.6 is 15.9 Å². The molecule has 0 unspecified atom stereocenters. The van der Waals surface area contributed by atoms with Crippen LogP contribution in [0.5, 0.6) is 0 Å². The van der Waals surface area contributed by atoms with Crippen molar-refractivity contribution in [1.29, 1.82) is 0 Å². The molecule has 0 bridgehead atoms. The van der Waals surface area contributed by atoms with Crippen LogP contribution < -0.4 is 4.72 Å². The number of nitrogens with zero attached hydrogens (tertiary/aromatic N) is 5. The number of aromatic nitrogens is 4. The predicted octanol–water partition coefficient (Wildman–Crippen LogP) is 2.44. The van der Waals surface area contributed by atoms with Crippen LogP contribution in [0, 0.1) is 17.0 Å².